The van der Waals surface area contributed by atoms with Gasteiger partial charge in [0.1, 0.15) is 5.82 Å². The Bertz CT molecular complexity index is 1010. The largest absolute Gasteiger partial charge is 0.322 e. The van der Waals surface area contributed by atoms with E-state index in [1.165, 1.54) is 5.56 Å². The van der Waals surface area contributed by atoms with E-state index in [0.29, 0.717) is 0 Å². The summed E-state index contributed by atoms with van der Waals surface area (Å²) in [6.45, 7) is 0.728. The van der Waals surface area contributed by atoms with Gasteiger partial charge in [-0.15, -0.1) is 0 Å². The third-order valence-electron chi connectivity index (χ3n) is 4.23. The molecule has 2 aromatic heterocycles. The number of rotatable bonds is 4. The number of para-hydroxylation sites is 2. The van der Waals surface area contributed by atoms with Crippen LogP contribution in [0.25, 0.3) is 11.0 Å². The molecule has 0 bridgehead atoms. The average Bonchev–Trinajstić information content (AvgIpc) is 3.01. The van der Waals surface area contributed by atoms with Gasteiger partial charge in [-0.25, -0.2) is 4.98 Å². The molecule has 4 aromatic rings. The van der Waals surface area contributed by atoms with Crippen LogP contribution in [0.2, 0.25) is 0 Å². The topological polar surface area (TPSA) is 56.7 Å². The molecule has 25 heavy (non-hydrogen) atoms. The molecule has 0 spiro atoms. The van der Waals surface area contributed by atoms with Crippen LogP contribution >= 0.6 is 15.9 Å². The molecule has 0 saturated heterocycles. The smallest absolute Gasteiger partial charge is 0.131 e. The van der Waals surface area contributed by atoms with Gasteiger partial charge in [0.25, 0.3) is 0 Å². The predicted molar refractivity (Wildman–Crippen MR) is 103 cm³/mol. The minimum absolute atomic E-state index is 0.346. The van der Waals surface area contributed by atoms with E-state index < -0.39 is 0 Å². The quantitative estimate of drug-likeness (QED) is 0.563. The van der Waals surface area contributed by atoms with E-state index in [1.807, 2.05) is 42.5 Å². The first-order valence-electron chi connectivity index (χ1n) is 8.07. The molecule has 0 aliphatic carbocycles. The van der Waals surface area contributed by atoms with E-state index in [2.05, 4.69) is 43.7 Å². The fraction of sp³-hybridized carbons (Fsp3) is 0.100. The van der Waals surface area contributed by atoms with Crippen LogP contribution in [0.15, 0.2) is 77.5 Å². The van der Waals surface area contributed by atoms with Gasteiger partial charge in [0, 0.05) is 23.4 Å². The Balaban J connectivity index is 1.84. The zero-order chi connectivity index (χ0) is 17.2. The first-order chi connectivity index (χ1) is 12.2. The Morgan fingerprint density at radius 2 is 1.76 bits per heavy atom. The van der Waals surface area contributed by atoms with Gasteiger partial charge < -0.3 is 10.3 Å². The fourth-order valence-corrected chi connectivity index (χ4v) is 3.39. The molecule has 4 nitrogen and oxygen atoms in total. The minimum atomic E-state index is -0.346. The zero-order valence-electron chi connectivity index (χ0n) is 13.5. The average molecular weight is 393 g/mol. The Hall–Kier alpha value is -2.50. The highest BCUT2D eigenvalue weighted by Gasteiger charge is 2.19. The summed E-state index contributed by atoms with van der Waals surface area (Å²) in [6.07, 6.45) is 3.55. The number of aromatic nitrogens is 3. The van der Waals surface area contributed by atoms with Gasteiger partial charge in [-0.3, -0.25) is 4.98 Å². The van der Waals surface area contributed by atoms with Crippen LogP contribution in [-0.4, -0.2) is 14.5 Å². The van der Waals surface area contributed by atoms with E-state index in [0.717, 1.165) is 33.4 Å². The molecule has 0 saturated carbocycles. The van der Waals surface area contributed by atoms with Crippen LogP contribution in [0.3, 0.4) is 0 Å². The molecule has 1 atom stereocenters. The first kappa shape index (κ1) is 16.0. The van der Waals surface area contributed by atoms with Gasteiger partial charge in [0.05, 0.1) is 17.1 Å². The number of nitrogens with zero attached hydrogens (tertiary/aromatic N) is 3. The Labute approximate surface area is 154 Å². The molecule has 0 aliphatic heterocycles. The number of benzene rings is 2. The molecule has 1 unspecified atom stereocenters. The number of halogens is 1. The summed E-state index contributed by atoms with van der Waals surface area (Å²) in [5.41, 5.74) is 10.7. The predicted octanol–water partition coefficient (Wildman–Crippen LogP) is 4.29. The molecule has 0 radical (unpaired) electrons. The highest BCUT2D eigenvalue weighted by atomic mass is 79.9. The van der Waals surface area contributed by atoms with E-state index in [1.54, 1.807) is 12.4 Å². The van der Waals surface area contributed by atoms with Crippen molar-refractivity contribution in [2.24, 2.45) is 5.73 Å². The molecule has 5 heteroatoms. The SMILES string of the molecule is NC(c1cncc(Br)c1)c1nc2ccccc2n1Cc1ccccc1. The summed E-state index contributed by atoms with van der Waals surface area (Å²) < 4.78 is 3.10. The third-order valence-corrected chi connectivity index (χ3v) is 4.66. The molecule has 4 rings (SSSR count). The number of hydrogen-bond acceptors (Lipinski definition) is 3. The molecule has 2 aromatic carbocycles. The van der Waals surface area contributed by atoms with E-state index in [4.69, 9.17) is 10.7 Å². The first-order valence-corrected chi connectivity index (χ1v) is 8.87. The van der Waals surface area contributed by atoms with Crippen molar-refractivity contribution in [1.29, 1.82) is 0 Å². The van der Waals surface area contributed by atoms with Crippen molar-refractivity contribution >= 4 is 27.0 Å². The lowest BCUT2D eigenvalue weighted by Crippen LogP contribution is -2.18. The van der Waals surface area contributed by atoms with Crippen molar-refractivity contribution in [3.05, 3.63) is 94.5 Å². The molecule has 2 N–H and O–H groups in total. The second-order valence-corrected chi connectivity index (χ2v) is 6.86. The third kappa shape index (κ3) is 3.21. The van der Waals surface area contributed by atoms with Crippen molar-refractivity contribution in [2.75, 3.05) is 0 Å². The molecular weight excluding hydrogens is 376 g/mol. The summed E-state index contributed by atoms with van der Waals surface area (Å²) in [4.78, 5) is 9.04. The molecule has 0 fully saturated rings. The Kier molecular flexibility index (Phi) is 4.34. The summed E-state index contributed by atoms with van der Waals surface area (Å²) in [5.74, 6) is 0.838. The Morgan fingerprint density at radius 1 is 1.00 bits per heavy atom. The van der Waals surface area contributed by atoms with Gasteiger partial charge in [0.15, 0.2) is 0 Å². The van der Waals surface area contributed by atoms with Crippen LogP contribution in [0.4, 0.5) is 0 Å². The van der Waals surface area contributed by atoms with Crippen LogP contribution in [0.1, 0.15) is 23.0 Å². The molecule has 0 aliphatic rings. The second-order valence-electron chi connectivity index (χ2n) is 5.94. The van der Waals surface area contributed by atoms with Gasteiger partial charge in [-0.2, -0.15) is 0 Å². The number of hydrogen-bond donors (Lipinski definition) is 1. The standard InChI is InChI=1S/C20H17BrN4/c21-16-10-15(11-23-12-16)19(22)20-24-17-8-4-5-9-18(17)25(20)13-14-6-2-1-3-7-14/h1-12,19H,13,22H2. The van der Waals surface area contributed by atoms with Crippen molar-refractivity contribution in [1.82, 2.24) is 14.5 Å². The zero-order valence-corrected chi connectivity index (χ0v) is 15.1. The highest BCUT2D eigenvalue weighted by molar-refractivity contribution is 9.10. The van der Waals surface area contributed by atoms with E-state index >= 15 is 0 Å². The van der Waals surface area contributed by atoms with Crippen molar-refractivity contribution in [2.45, 2.75) is 12.6 Å². The normalized spacial score (nSPS) is 12.4. The fourth-order valence-electron chi connectivity index (χ4n) is 3.01. The van der Waals surface area contributed by atoms with Crippen LogP contribution in [0, 0.1) is 0 Å². The summed E-state index contributed by atoms with van der Waals surface area (Å²) in [7, 11) is 0. The van der Waals surface area contributed by atoms with Gasteiger partial charge >= 0.3 is 0 Å². The monoisotopic (exact) mass is 392 g/mol. The number of pyridine rings is 1. The number of fused-ring (bicyclic) bond motifs is 1. The molecular formula is C20H17BrN4. The highest BCUT2D eigenvalue weighted by Crippen LogP contribution is 2.26. The van der Waals surface area contributed by atoms with E-state index in [9.17, 15) is 0 Å². The summed E-state index contributed by atoms with van der Waals surface area (Å²) in [6, 6.07) is 20.1. The molecule has 2 heterocycles. The van der Waals surface area contributed by atoms with Crippen LogP contribution in [0.5, 0.6) is 0 Å². The maximum Gasteiger partial charge on any atom is 0.131 e. The van der Waals surface area contributed by atoms with Crippen LogP contribution in [-0.2, 0) is 6.54 Å². The van der Waals surface area contributed by atoms with E-state index in [-0.39, 0.29) is 6.04 Å². The molecule has 0 amide bonds. The van der Waals surface area contributed by atoms with Crippen molar-refractivity contribution in [3.8, 4) is 0 Å². The molecule has 124 valence electrons. The lowest BCUT2D eigenvalue weighted by molar-refractivity contribution is 0.686. The number of nitrogens with two attached hydrogens (primary N) is 1. The Morgan fingerprint density at radius 3 is 2.56 bits per heavy atom. The van der Waals surface area contributed by atoms with Gasteiger partial charge in [-0.05, 0) is 45.3 Å². The van der Waals surface area contributed by atoms with Crippen molar-refractivity contribution in [3.63, 3.8) is 0 Å². The van der Waals surface area contributed by atoms with Crippen LogP contribution < -0.4 is 5.73 Å². The van der Waals surface area contributed by atoms with Crippen molar-refractivity contribution < 1.29 is 0 Å². The number of imidazole rings is 1. The van der Waals surface area contributed by atoms with Gasteiger partial charge in [0.2, 0.25) is 0 Å². The lowest BCUT2D eigenvalue weighted by atomic mass is 10.1. The van der Waals surface area contributed by atoms with Gasteiger partial charge in [-0.1, -0.05) is 42.5 Å². The summed E-state index contributed by atoms with van der Waals surface area (Å²) in [5, 5.41) is 0. The maximum absolute atomic E-state index is 6.56. The lowest BCUT2D eigenvalue weighted by Gasteiger charge is -2.15. The maximum atomic E-state index is 6.56. The minimum Gasteiger partial charge on any atom is -0.322 e. The second kappa shape index (κ2) is 6.78. The summed E-state index contributed by atoms with van der Waals surface area (Å²) >= 11 is 3.46.